The van der Waals surface area contributed by atoms with E-state index >= 15 is 0 Å². The first-order chi connectivity index (χ1) is 12.6. The van der Waals surface area contributed by atoms with Gasteiger partial charge in [-0.15, -0.1) is 0 Å². The minimum Gasteiger partial charge on any atom is -0.354 e. The van der Waals surface area contributed by atoms with Crippen molar-refractivity contribution in [2.24, 2.45) is 5.10 Å². The smallest absolute Gasteiger partial charge is 0.243 e. The van der Waals surface area contributed by atoms with Crippen molar-refractivity contribution in [2.45, 2.75) is 38.9 Å². The maximum Gasteiger partial charge on any atom is 0.243 e. The summed E-state index contributed by atoms with van der Waals surface area (Å²) in [5, 5.41) is 8.58. The van der Waals surface area contributed by atoms with Gasteiger partial charge in [0.25, 0.3) is 0 Å². The first-order valence-corrected chi connectivity index (χ1v) is 8.86. The molecule has 0 atom stereocenters. The van der Waals surface area contributed by atoms with Gasteiger partial charge < -0.3 is 14.8 Å². The van der Waals surface area contributed by atoms with Crippen LogP contribution in [-0.2, 0) is 25.5 Å². The second kappa shape index (κ2) is 10.0. The van der Waals surface area contributed by atoms with Gasteiger partial charge in [0, 0.05) is 33.5 Å². The summed E-state index contributed by atoms with van der Waals surface area (Å²) in [5.74, 6) is -0.232. The van der Waals surface area contributed by atoms with E-state index in [9.17, 15) is 9.59 Å². The molecule has 7 heteroatoms. The molecule has 0 aromatic heterocycles. The quantitative estimate of drug-likeness (QED) is 0.679. The Morgan fingerprint density at radius 2 is 1.92 bits per heavy atom. The molecule has 142 valence electrons. The molecule has 0 bridgehead atoms. The highest BCUT2D eigenvalue weighted by Crippen LogP contribution is 2.16. The molecule has 0 fully saturated rings. The van der Waals surface area contributed by atoms with E-state index in [2.05, 4.69) is 29.5 Å². The molecule has 0 spiro atoms. The average molecular weight is 361 g/mol. The highest BCUT2D eigenvalue weighted by atomic mass is 16.7. The van der Waals surface area contributed by atoms with Crippen LogP contribution >= 0.6 is 0 Å². The summed E-state index contributed by atoms with van der Waals surface area (Å²) in [4.78, 5) is 24.0. The fourth-order valence-electron chi connectivity index (χ4n) is 2.67. The number of amides is 2. The average Bonchev–Trinajstić information content (AvgIpc) is 2.68. The molecular formula is C19H27N3O4. The van der Waals surface area contributed by atoms with Crippen LogP contribution in [0.3, 0.4) is 0 Å². The second-order valence-electron chi connectivity index (χ2n) is 6.07. The maximum atomic E-state index is 12.1. The van der Waals surface area contributed by atoms with Crippen LogP contribution in [0.4, 0.5) is 0 Å². The number of ether oxygens (including phenoxy) is 2. The van der Waals surface area contributed by atoms with Crippen LogP contribution < -0.4 is 5.32 Å². The van der Waals surface area contributed by atoms with Crippen molar-refractivity contribution in [3.63, 3.8) is 0 Å². The summed E-state index contributed by atoms with van der Waals surface area (Å²) in [6.45, 7) is 2.63. The summed E-state index contributed by atoms with van der Waals surface area (Å²) in [7, 11) is 3.02. The van der Waals surface area contributed by atoms with E-state index in [0.29, 0.717) is 12.8 Å². The Hall–Kier alpha value is -2.25. The van der Waals surface area contributed by atoms with Gasteiger partial charge in [0.05, 0.1) is 18.8 Å². The van der Waals surface area contributed by atoms with Crippen molar-refractivity contribution in [2.75, 3.05) is 27.3 Å². The number of methoxy groups -OCH3 is 2. The van der Waals surface area contributed by atoms with Crippen molar-refractivity contribution in [3.8, 4) is 0 Å². The summed E-state index contributed by atoms with van der Waals surface area (Å²) in [5.41, 5.74) is 3.17. The van der Waals surface area contributed by atoms with Crippen molar-refractivity contribution in [3.05, 3.63) is 35.4 Å². The van der Waals surface area contributed by atoms with Gasteiger partial charge in [-0.1, -0.05) is 31.2 Å². The normalized spacial score (nSPS) is 14.5. The lowest BCUT2D eigenvalue weighted by atomic mass is 10.0. The lowest BCUT2D eigenvalue weighted by molar-refractivity contribution is -0.133. The first kappa shape index (κ1) is 20.1. The fraction of sp³-hybridized carbons (Fsp3) is 0.526. The molecule has 0 radical (unpaired) electrons. The van der Waals surface area contributed by atoms with Gasteiger partial charge in [-0.3, -0.25) is 9.59 Å². The lowest BCUT2D eigenvalue weighted by Crippen LogP contribution is -2.38. The largest absolute Gasteiger partial charge is 0.354 e. The second-order valence-corrected chi connectivity index (χ2v) is 6.07. The SMILES string of the molecule is CCc1ccc(C2=NN(CCC(=O)NCC(OC)OC)C(=O)CC2)cc1. The number of benzene rings is 1. The van der Waals surface area contributed by atoms with Crippen molar-refractivity contribution < 1.29 is 19.1 Å². The first-order valence-electron chi connectivity index (χ1n) is 8.86. The number of hydrogen-bond donors (Lipinski definition) is 1. The van der Waals surface area contributed by atoms with Crippen LogP contribution in [0.2, 0.25) is 0 Å². The molecule has 2 amide bonds. The molecule has 2 rings (SSSR count). The summed E-state index contributed by atoms with van der Waals surface area (Å²) >= 11 is 0. The van der Waals surface area contributed by atoms with E-state index in [-0.39, 0.29) is 31.3 Å². The van der Waals surface area contributed by atoms with E-state index in [1.165, 1.54) is 24.8 Å². The van der Waals surface area contributed by atoms with Gasteiger partial charge in [0.2, 0.25) is 11.8 Å². The predicted molar refractivity (Wildman–Crippen MR) is 98.7 cm³/mol. The number of hydrogen-bond acceptors (Lipinski definition) is 5. The Balaban J connectivity index is 1.92. The van der Waals surface area contributed by atoms with Crippen LogP contribution in [0, 0.1) is 0 Å². The van der Waals surface area contributed by atoms with Crippen molar-refractivity contribution in [1.82, 2.24) is 10.3 Å². The Morgan fingerprint density at radius 3 is 2.54 bits per heavy atom. The molecule has 1 aliphatic rings. The molecule has 0 saturated carbocycles. The van der Waals surface area contributed by atoms with Gasteiger partial charge in [-0.25, -0.2) is 5.01 Å². The maximum absolute atomic E-state index is 12.1. The summed E-state index contributed by atoms with van der Waals surface area (Å²) in [6.07, 6.45) is 1.71. The van der Waals surface area contributed by atoms with E-state index in [1.807, 2.05) is 12.1 Å². The molecular weight excluding hydrogens is 334 g/mol. The molecule has 0 aliphatic carbocycles. The number of rotatable bonds is 9. The zero-order valence-corrected chi connectivity index (χ0v) is 15.7. The van der Waals surface area contributed by atoms with Crippen LogP contribution in [0.5, 0.6) is 0 Å². The third-order valence-corrected chi connectivity index (χ3v) is 4.34. The van der Waals surface area contributed by atoms with Crippen molar-refractivity contribution >= 4 is 17.5 Å². The highest BCUT2D eigenvalue weighted by molar-refractivity contribution is 6.04. The van der Waals surface area contributed by atoms with Gasteiger partial charge in [0.15, 0.2) is 6.29 Å². The Bertz CT molecular complexity index is 639. The summed E-state index contributed by atoms with van der Waals surface area (Å²) in [6, 6.07) is 8.23. The van der Waals surface area contributed by atoms with Crippen LogP contribution in [0.25, 0.3) is 0 Å². The topological polar surface area (TPSA) is 80.2 Å². The zero-order valence-electron chi connectivity index (χ0n) is 15.7. The Labute approximate surface area is 154 Å². The third kappa shape index (κ3) is 5.64. The minimum atomic E-state index is -0.480. The molecule has 0 saturated heterocycles. The predicted octanol–water partition coefficient (Wildman–Crippen LogP) is 1.70. The van der Waals surface area contributed by atoms with Gasteiger partial charge >= 0.3 is 0 Å². The van der Waals surface area contributed by atoms with Crippen molar-refractivity contribution in [1.29, 1.82) is 0 Å². The highest BCUT2D eigenvalue weighted by Gasteiger charge is 2.22. The molecule has 1 aliphatic heterocycles. The number of nitrogens with one attached hydrogen (secondary N) is 1. The van der Waals surface area contributed by atoms with Crippen LogP contribution in [0.15, 0.2) is 29.4 Å². The Morgan fingerprint density at radius 1 is 1.23 bits per heavy atom. The van der Waals surface area contributed by atoms with E-state index in [4.69, 9.17) is 9.47 Å². The number of carbonyl (C=O) groups is 2. The lowest BCUT2D eigenvalue weighted by Gasteiger charge is -2.23. The number of nitrogens with zero attached hydrogens (tertiary/aromatic N) is 2. The van der Waals surface area contributed by atoms with Gasteiger partial charge in [0.1, 0.15) is 0 Å². The minimum absolute atomic E-state index is 0.0570. The van der Waals surface area contributed by atoms with Crippen LogP contribution in [0.1, 0.15) is 37.3 Å². The number of hydrazone groups is 1. The van der Waals surface area contributed by atoms with Gasteiger partial charge in [-0.05, 0) is 17.5 Å². The zero-order chi connectivity index (χ0) is 18.9. The summed E-state index contributed by atoms with van der Waals surface area (Å²) < 4.78 is 10.0. The molecule has 7 nitrogen and oxygen atoms in total. The monoisotopic (exact) mass is 361 g/mol. The molecule has 1 heterocycles. The molecule has 1 aromatic carbocycles. The van der Waals surface area contributed by atoms with E-state index in [1.54, 1.807) is 0 Å². The molecule has 26 heavy (non-hydrogen) atoms. The standard InChI is InChI=1S/C19H27N3O4/c1-4-14-5-7-15(8-6-14)16-9-10-18(24)22(21-16)12-11-17(23)20-13-19(25-2)26-3/h5-8,19H,4,9-13H2,1-3H3,(H,20,23). The third-order valence-electron chi connectivity index (χ3n) is 4.34. The number of aryl methyl sites for hydroxylation is 1. The van der Waals surface area contributed by atoms with Gasteiger partial charge in [-0.2, -0.15) is 5.10 Å². The molecule has 1 aromatic rings. The van der Waals surface area contributed by atoms with E-state index in [0.717, 1.165) is 17.7 Å². The Kier molecular flexibility index (Phi) is 7.74. The van der Waals surface area contributed by atoms with Crippen LogP contribution in [-0.4, -0.2) is 56.1 Å². The molecule has 1 N–H and O–H groups in total. The number of carbonyl (C=O) groups excluding carboxylic acids is 2. The molecule has 0 unspecified atom stereocenters. The van der Waals surface area contributed by atoms with E-state index < -0.39 is 6.29 Å². The fourth-order valence-corrected chi connectivity index (χ4v) is 2.67.